The van der Waals surface area contributed by atoms with Gasteiger partial charge in [-0.25, -0.2) is 0 Å². The van der Waals surface area contributed by atoms with Crippen LogP contribution in [0, 0.1) is 12.3 Å². The normalized spacial score (nSPS) is 19.7. The molecule has 1 heterocycles. The summed E-state index contributed by atoms with van der Waals surface area (Å²) in [7, 11) is 1.42. The van der Waals surface area contributed by atoms with Crippen molar-refractivity contribution in [3.63, 3.8) is 0 Å². The van der Waals surface area contributed by atoms with Gasteiger partial charge in [-0.15, -0.1) is 6.42 Å². The molecule has 0 aromatic carbocycles. The molecule has 0 aromatic rings. The van der Waals surface area contributed by atoms with Crippen LogP contribution in [0.4, 0.5) is 0 Å². The van der Waals surface area contributed by atoms with E-state index in [1.165, 1.54) is 7.11 Å². The molecule has 1 fully saturated rings. The van der Waals surface area contributed by atoms with Gasteiger partial charge in [0.25, 0.3) is 0 Å². The number of methoxy groups -OCH3 is 1. The zero-order valence-corrected chi connectivity index (χ0v) is 9.15. The molecule has 14 heavy (non-hydrogen) atoms. The third-order valence-electron chi connectivity index (χ3n) is 2.45. The minimum Gasteiger partial charge on any atom is -0.468 e. The molecule has 0 bridgehead atoms. The minimum absolute atomic E-state index is 0.187. The summed E-state index contributed by atoms with van der Waals surface area (Å²) in [6.07, 6.45) is 6.77. The van der Waals surface area contributed by atoms with Gasteiger partial charge in [-0.3, -0.25) is 10.1 Å². The number of terminal acetylenes is 1. The van der Waals surface area contributed by atoms with Crippen molar-refractivity contribution in [2.24, 2.45) is 0 Å². The molecule has 0 aliphatic carbocycles. The van der Waals surface area contributed by atoms with Gasteiger partial charge in [0.15, 0.2) is 0 Å². The third kappa shape index (κ3) is 2.43. The van der Waals surface area contributed by atoms with E-state index in [1.807, 2.05) is 11.8 Å². The summed E-state index contributed by atoms with van der Waals surface area (Å²) in [6.45, 7) is 0.416. The number of hydrogen-bond donors (Lipinski definition) is 1. The Hall–Kier alpha value is -0.660. The second kappa shape index (κ2) is 5.28. The van der Waals surface area contributed by atoms with Crippen molar-refractivity contribution in [1.29, 1.82) is 0 Å². The van der Waals surface area contributed by atoms with Crippen LogP contribution in [-0.4, -0.2) is 36.7 Å². The average Bonchev–Trinajstić information content (AvgIpc) is 2.26. The number of esters is 1. The van der Waals surface area contributed by atoms with E-state index in [0.29, 0.717) is 6.54 Å². The second-order valence-corrected chi connectivity index (χ2v) is 4.47. The van der Waals surface area contributed by atoms with E-state index in [4.69, 9.17) is 11.2 Å². The van der Waals surface area contributed by atoms with Crippen LogP contribution in [-0.2, 0) is 9.53 Å². The highest BCUT2D eigenvalue weighted by atomic mass is 32.2. The van der Waals surface area contributed by atoms with Crippen LogP contribution in [0.15, 0.2) is 0 Å². The van der Waals surface area contributed by atoms with E-state index in [2.05, 4.69) is 11.2 Å². The molecule has 0 spiro atoms. The van der Waals surface area contributed by atoms with E-state index in [9.17, 15) is 4.79 Å². The quantitative estimate of drug-likeness (QED) is 0.552. The van der Waals surface area contributed by atoms with Crippen molar-refractivity contribution in [3.8, 4) is 12.3 Å². The SMILES string of the molecule is C#CCNC1(C(=O)OC)CCSCC1. The van der Waals surface area contributed by atoms with Gasteiger partial charge in [0.2, 0.25) is 0 Å². The predicted octanol–water partition coefficient (Wildman–Crippen LogP) is 0.648. The number of rotatable bonds is 3. The van der Waals surface area contributed by atoms with Crippen LogP contribution in [0.5, 0.6) is 0 Å². The van der Waals surface area contributed by atoms with Crippen molar-refractivity contribution < 1.29 is 9.53 Å². The Morgan fingerprint density at radius 3 is 2.79 bits per heavy atom. The lowest BCUT2D eigenvalue weighted by Gasteiger charge is -2.34. The molecule has 0 atom stereocenters. The summed E-state index contributed by atoms with van der Waals surface area (Å²) < 4.78 is 4.81. The van der Waals surface area contributed by atoms with Crippen molar-refractivity contribution in [3.05, 3.63) is 0 Å². The van der Waals surface area contributed by atoms with Crippen LogP contribution in [0.25, 0.3) is 0 Å². The summed E-state index contributed by atoms with van der Waals surface area (Å²) in [6, 6.07) is 0. The number of nitrogens with one attached hydrogen (secondary N) is 1. The molecule has 1 N–H and O–H groups in total. The zero-order chi connectivity index (χ0) is 10.4. The Kier molecular flexibility index (Phi) is 4.30. The third-order valence-corrected chi connectivity index (χ3v) is 3.44. The molecular weight excluding hydrogens is 198 g/mol. The standard InChI is InChI=1S/C10H15NO2S/c1-3-6-11-10(9(12)13-2)4-7-14-8-5-10/h1,11H,4-8H2,2H3. The molecule has 3 nitrogen and oxygen atoms in total. The molecule has 1 aliphatic rings. The Labute approximate surface area is 89.0 Å². The van der Waals surface area contributed by atoms with Crippen molar-refractivity contribution in [2.45, 2.75) is 18.4 Å². The number of hydrogen-bond acceptors (Lipinski definition) is 4. The molecule has 0 amide bonds. The molecule has 0 saturated carbocycles. The highest BCUT2D eigenvalue weighted by molar-refractivity contribution is 7.99. The minimum atomic E-state index is -0.535. The van der Waals surface area contributed by atoms with Crippen LogP contribution < -0.4 is 5.32 Å². The van der Waals surface area contributed by atoms with Gasteiger partial charge in [0.05, 0.1) is 13.7 Å². The smallest absolute Gasteiger partial charge is 0.326 e. The van der Waals surface area contributed by atoms with Gasteiger partial charge in [-0.05, 0) is 24.3 Å². The lowest BCUT2D eigenvalue weighted by molar-refractivity contribution is -0.148. The first-order chi connectivity index (χ1) is 6.75. The monoisotopic (exact) mass is 213 g/mol. The van der Waals surface area contributed by atoms with E-state index < -0.39 is 5.54 Å². The first kappa shape index (κ1) is 11.4. The molecule has 4 heteroatoms. The summed E-state index contributed by atoms with van der Waals surface area (Å²) in [4.78, 5) is 11.6. The highest BCUT2D eigenvalue weighted by Crippen LogP contribution is 2.27. The molecular formula is C10H15NO2S. The van der Waals surface area contributed by atoms with E-state index in [1.54, 1.807) is 0 Å². The number of ether oxygens (including phenoxy) is 1. The van der Waals surface area contributed by atoms with Crippen molar-refractivity contribution in [1.82, 2.24) is 5.32 Å². The fourth-order valence-electron chi connectivity index (χ4n) is 1.59. The largest absolute Gasteiger partial charge is 0.468 e. The summed E-state index contributed by atoms with van der Waals surface area (Å²) in [5.41, 5.74) is -0.535. The number of carbonyl (C=O) groups excluding carboxylic acids is 1. The van der Waals surface area contributed by atoms with E-state index in [-0.39, 0.29) is 5.97 Å². The first-order valence-corrected chi connectivity index (χ1v) is 5.75. The van der Waals surface area contributed by atoms with Gasteiger partial charge in [0, 0.05) is 0 Å². The molecule has 78 valence electrons. The van der Waals surface area contributed by atoms with Crippen LogP contribution in [0.3, 0.4) is 0 Å². The molecule has 0 unspecified atom stereocenters. The van der Waals surface area contributed by atoms with Crippen LogP contribution >= 0.6 is 11.8 Å². The fraction of sp³-hybridized carbons (Fsp3) is 0.700. The Morgan fingerprint density at radius 2 is 2.29 bits per heavy atom. The van der Waals surface area contributed by atoms with E-state index in [0.717, 1.165) is 24.3 Å². The zero-order valence-electron chi connectivity index (χ0n) is 8.34. The first-order valence-electron chi connectivity index (χ1n) is 4.60. The Balaban J connectivity index is 2.67. The predicted molar refractivity (Wildman–Crippen MR) is 58.1 cm³/mol. The second-order valence-electron chi connectivity index (χ2n) is 3.24. The fourth-order valence-corrected chi connectivity index (χ4v) is 2.78. The summed E-state index contributed by atoms with van der Waals surface area (Å²) in [5.74, 6) is 4.26. The number of carbonyl (C=O) groups is 1. The van der Waals surface area contributed by atoms with Gasteiger partial charge in [-0.1, -0.05) is 5.92 Å². The summed E-state index contributed by atoms with van der Waals surface area (Å²) in [5, 5.41) is 3.11. The summed E-state index contributed by atoms with van der Waals surface area (Å²) >= 11 is 1.86. The van der Waals surface area contributed by atoms with Gasteiger partial charge in [0.1, 0.15) is 5.54 Å². The lowest BCUT2D eigenvalue weighted by atomic mass is 9.92. The molecule has 1 saturated heterocycles. The van der Waals surface area contributed by atoms with Crippen LogP contribution in [0.1, 0.15) is 12.8 Å². The molecule has 0 aromatic heterocycles. The van der Waals surface area contributed by atoms with Gasteiger partial charge >= 0.3 is 5.97 Å². The lowest BCUT2D eigenvalue weighted by Crippen LogP contribution is -2.55. The topological polar surface area (TPSA) is 38.3 Å². The van der Waals surface area contributed by atoms with Crippen molar-refractivity contribution >= 4 is 17.7 Å². The molecule has 0 radical (unpaired) electrons. The average molecular weight is 213 g/mol. The Bertz CT molecular complexity index is 241. The number of thioether (sulfide) groups is 1. The van der Waals surface area contributed by atoms with Gasteiger partial charge < -0.3 is 4.74 Å². The Morgan fingerprint density at radius 1 is 1.64 bits per heavy atom. The highest BCUT2D eigenvalue weighted by Gasteiger charge is 2.40. The molecule has 1 aliphatic heterocycles. The van der Waals surface area contributed by atoms with E-state index >= 15 is 0 Å². The maximum Gasteiger partial charge on any atom is 0.326 e. The maximum atomic E-state index is 11.6. The van der Waals surface area contributed by atoms with Crippen molar-refractivity contribution in [2.75, 3.05) is 25.2 Å². The maximum absolute atomic E-state index is 11.6. The van der Waals surface area contributed by atoms with Gasteiger partial charge in [-0.2, -0.15) is 11.8 Å². The molecule has 1 rings (SSSR count). The van der Waals surface area contributed by atoms with Crippen LogP contribution in [0.2, 0.25) is 0 Å².